The average Bonchev–Trinajstić information content (AvgIpc) is 3.95. The highest BCUT2D eigenvalue weighted by Gasteiger charge is 2.47. The van der Waals surface area contributed by atoms with Crippen molar-refractivity contribution in [3.8, 4) is 79.0 Å². The van der Waals surface area contributed by atoms with Gasteiger partial charge in [-0.05, 0) is 86.0 Å². The third-order valence-electron chi connectivity index (χ3n) is 12.5. The van der Waals surface area contributed by atoms with Crippen LogP contribution in [-0.4, -0.2) is 19.9 Å². The summed E-state index contributed by atoms with van der Waals surface area (Å²) >= 11 is 0. The van der Waals surface area contributed by atoms with E-state index in [-0.39, 0.29) is 0 Å². The zero-order chi connectivity index (χ0) is 42.5. The maximum Gasteiger partial charge on any atom is 0.227 e. The Balaban J connectivity index is 1.01. The fourth-order valence-electron chi connectivity index (χ4n) is 9.53. The van der Waals surface area contributed by atoms with E-state index in [9.17, 15) is 0 Å². The number of hydrogen-bond acceptors (Lipinski definition) is 5. The normalized spacial score (nSPS) is 14.0. The Labute approximate surface area is 371 Å². The van der Waals surface area contributed by atoms with Gasteiger partial charge in [-0.3, -0.25) is 0 Å². The third kappa shape index (κ3) is 6.25. The molecule has 2 heterocycles. The molecule has 1 aliphatic carbocycles. The molecule has 0 saturated carbocycles. The fraction of sp³-hybridized carbons (Fsp3) is 0.0169. The second kappa shape index (κ2) is 15.4. The lowest BCUT2D eigenvalue weighted by molar-refractivity contribution is 0.618. The Bertz CT molecular complexity index is 3480. The van der Waals surface area contributed by atoms with Crippen molar-refractivity contribution in [1.29, 1.82) is 0 Å². The van der Waals surface area contributed by atoms with Gasteiger partial charge < -0.3 is 4.42 Å². The van der Waals surface area contributed by atoms with Crippen molar-refractivity contribution in [1.82, 2.24) is 19.9 Å². The number of hydrogen-bond donors (Lipinski definition) is 0. The average molecular weight is 819 g/mol. The van der Waals surface area contributed by atoms with Crippen LogP contribution in [-0.2, 0) is 5.41 Å². The van der Waals surface area contributed by atoms with Gasteiger partial charge in [-0.25, -0.2) is 19.9 Å². The van der Waals surface area contributed by atoms with E-state index in [0.29, 0.717) is 23.4 Å². The lowest BCUT2D eigenvalue weighted by Crippen LogP contribution is -2.28. The number of aromatic nitrogens is 4. The molecule has 64 heavy (non-hydrogen) atoms. The summed E-state index contributed by atoms with van der Waals surface area (Å²) in [7, 11) is 0. The quantitative estimate of drug-likeness (QED) is 0.153. The smallest absolute Gasteiger partial charge is 0.227 e. The highest BCUT2D eigenvalue weighted by atomic mass is 16.3. The Morgan fingerprint density at radius 3 is 1.53 bits per heavy atom. The molecule has 0 spiro atoms. The van der Waals surface area contributed by atoms with E-state index >= 15 is 0 Å². The second-order valence-corrected chi connectivity index (χ2v) is 16.2. The molecule has 0 N–H and O–H groups in total. The molecule has 9 aromatic carbocycles. The van der Waals surface area contributed by atoms with Crippen LogP contribution in [0.3, 0.4) is 0 Å². The summed E-state index contributed by atoms with van der Waals surface area (Å²) in [5.41, 5.74) is 16.2. The van der Waals surface area contributed by atoms with Crippen molar-refractivity contribution in [3.63, 3.8) is 0 Å². The summed E-state index contributed by atoms with van der Waals surface area (Å²) in [5, 5.41) is 0. The molecule has 1 atom stereocenters. The topological polar surface area (TPSA) is 64.7 Å². The van der Waals surface area contributed by atoms with E-state index in [0.717, 1.165) is 61.2 Å². The molecule has 2 aromatic heterocycles. The lowest BCUT2D eigenvalue weighted by atomic mass is 9.67. The maximum absolute atomic E-state index is 6.53. The summed E-state index contributed by atoms with van der Waals surface area (Å²) in [6, 6.07) is 80.6. The van der Waals surface area contributed by atoms with Crippen LogP contribution >= 0.6 is 0 Å². The largest absolute Gasteiger partial charge is 0.436 e. The van der Waals surface area contributed by atoms with Gasteiger partial charge in [0.05, 0.1) is 5.41 Å². The van der Waals surface area contributed by atoms with Gasteiger partial charge in [0.1, 0.15) is 5.52 Å². The van der Waals surface area contributed by atoms with Gasteiger partial charge in [-0.1, -0.05) is 200 Å². The van der Waals surface area contributed by atoms with Crippen LogP contribution in [0.25, 0.3) is 90.1 Å². The van der Waals surface area contributed by atoms with Crippen molar-refractivity contribution in [2.24, 2.45) is 0 Å². The molecule has 0 radical (unpaired) electrons. The zero-order valence-corrected chi connectivity index (χ0v) is 34.6. The van der Waals surface area contributed by atoms with Crippen LogP contribution in [0, 0.1) is 0 Å². The zero-order valence-electron chi connectivity index (χ0n) is 34.6. The summed E-state index contributed by atoms with van der Waals surface area (Å²) in [6.07, 6.45) is 0. The minimum Gasteiger partial charge on any atom is -0.436 e. The van der Waals surface area contributed by atoms with Crippen LogP contribution in [0.5, 0.6) is 0 Å². The van der Waals surface area contributed by atoms with Gasteiger partial charge in [0.2, 0.25) is 5.89 Å². The number of oxazole rings is 1. The molecule has 0 fully saturated rings. The van der Waals surface area contributed by atoms with Crippen LogP contribution in [0.2, 0.25) is 0 Å². The van der Waals surface area contributed by atoms with E-state index in [1.165, 1.54) is 27.8 Å². The van der Waals surface area contributed by atoms with Crippen molar-refractivity contribution in [2.75, 3.05) is 0 Å². The number of benzene rings is 9. The first-order chi connectivity index (χ1) is 31.7. The predicted octanol–water partition coefficient (Wildman–Crippen LogP) is 14.4. The molecule has 5 heteroatoms. The summed E-state index contributed by atoms with van der Waals surface area (Å²) < 4.78 is 6.53. The van der Waals surface area contributed by atoms with E-state index in [2.05, 4.69) is 164 Å². The molecule has 0 bridgehead atoms. The molecule has 0 saturated heterocycles. The van der Waals surface area contributed by atoms with Crippen LogP contribution in [0.15, 0.2) is 235 Å². The van der Waals surface area contributed by atoms with E-state index < -0.39 is 5.41 Å². The molecule has 1 aliphatic rings. The van der Waals surface area contributed by atoms with Gasteiger partial charge in [0.15, 0.2) is 23.1 Å². The maximum atomic E-state index is 6.53. The highest BCUT2D eigenvalue weighted by molar-refractivity contribution is 5.96. The van der Waals surface area contributed by atoms with Gasteiger partial charge in [0, 0.05) is 22.3 Å². The SMILES string of the molecule is c1ccc(-c2ccc(-c3nc(-c4ccccc4)nc(-c4cccc(-c5cccc6c5-c5ccccc5C6(c5ccccc5)c5ccc6nc(-c7ccccc7)oc6c5)c4)n3)cc2)cc1. The summed E-state index contributed by atoms with van der Waals surface area (Å²) in [4.78, 5) is 20.2. The standard InChI is InChI=1S/C59H38N4O/c1-5-17-39(18-6-1)40-31-33-42(34-32-40)56-61-55(41-19-7-2-8-20-41)62-57(63-56)45-24-15-23-44(37-45)48-28-16-30-51-54(48)49-27-13-14-29-50(49)59(51,46-25-11-4-12-26-46)47-35-36-52-53(38-47)64-58(60-52)43-21-9-3-10-22-43/h1-38H. The Morgan fingerprint density at radius 1 is 0.312 bits per heavy atom. The first kappa shape index (κ1) is 37.2. The van der Waals surface area contributed by atoms with E-state index in [4.69, 9.17) is 24.4 Å². The lowest BCUT2D eigenvalue weighted by Gasteiger charge is -2.33. The molecular formula is C59H38N4O. The van der Waals surface area contributed by atoms with Crippen LogP contribution < -0.4 is 0 Å². The van der Waals surface area contributed by atoms with Gasteiger partial charge in [0.25, 0.3) is 0 Å². The van der Waals surface area contributed by atoms with Crippen LogP contribution in [0.1, 0.15) is 22.3 Å². The molecule has 12 rings (SSSR count). The number of nitrogens with zero attached hydrogens (tertiary/aromatic N) is 4. The summed E-state index contributed by atoms with van der Waals surface area (Å²) in [6.45, 7) is 0. The van der Waals surface area contributed by atoms with Gasteiger partial charge >= 0.3 is 0 Å². The second-order valence-electron chi connectivity index (χ2n) is 16.2. The van der Waals surface area contributed by atoms with Crippen LogP contribution in [0.4, 0.5) is 0 Å². The Morgan fingerprint density at radius 2 is 0.812 bits per heavy atom. The van der Waals surface area contributed by atoms with Crippen molar-refractivity contribution in [3.05, 3.63) is 253 Å². The molecule has 11 aromatic rings. The molecule has 0 amide bonds. The predicted molar refractivity (Wildman–Crippen MR) is 257 cm³/mol. The van der Waals surface area contributed by atoms with Crippen molar-refractivity contribution in [2.45, 2.75) is 5.41 Å². The Kier molecular flexibility index (Phi) is 8.97. The minimum absolute atomic E-state index is 0.609. The summed E-state index contributed by atoms with van der Waals surface area (Å²) in [5.74, 6) is 2.47. The van der Waals surface area contributed by atoms with Crippen molar-refractivity contribution >= 4 is 11.1 Å². The van der Waals surface area contributed by atoms with Gasteiger partial charge in [-0.2, -0.15) is 0 Å². The molecule has 0 aliphatic heterocycles. The third-order valence-corrected chi connectivity index (χ3v) is 12.5. The number of fused-ring (bicyclic) bond motifs is 4. The first-order valence-electron chi connectivity index (χ1n) is 21.5. The highest BCUT2D eigenvalue weighted by Crippen LogP contribution is 2.58. The first-order valence-corrected chi connectivity index (χ1v) is 21.5. The number of rotatable bonds is 8. The fourth-order valence-corrected chi connectivity index (χ4v) is 9.53. The van der Waals surface area contributed by atoms with E-state index in [1.54, 1.807) is 0 Å². The molecule has 1 unspecified atom stereocenters. The molecule has 300 valence electrons. The monoisotopic (exact) mass is 818 g/mol. The van der Waals surface area contributed by atoms with Gasteiger partial charge in [-0.15, -0.1) is 0 Å². The molecule has 5 nitrogen and oxygen atoms in total. The molecular weight excluding hydrogens is 781 g/mol. The van der Waals surface area contributed by atoms with Crippen molar-refractivity contribution < 1.29 is 4.42 Å². The Hall–Kier alpha value is -8.54. The minimum atomic E-state index is -0.640. The van der Waals surface area contributed by atoms with E-state index in [1.807, 2.05) is 66.7 Å².